The molecule has 6 nitrogen and oxygen atoms in total. The Morgan fingerprint density at radius 2 is 1.70 bits per heavy atom. The van der Waals surface area contributed by atoms with Crippen LogP contribution < -0.4 is 15.8 Å². The molecular weight excluding hydrogens is 314 g/mol. The Hall–Kier alpha value is -2.38. The van der Waals surface area contributed by atoms with E-state index in [1.807, 2.05) is 18.2 Å². The van der Waals surface area contributed by atoms with Crippen molar-refractivity contribution in [2.24, 2.45) is 0 Å². The number of para-hydroxylation sites is 1. The summed E-state index contributed by atoms with van der Waals surface area (Å²) >= 11 is 0. The van der Waals surface area contributed by atoms with Gasteiger partial charge in [-0.3, -0.25) is 4.79 Å². The fourth-order valence-corrected chi connectivity index (χ4v) is 3.19. The van der Waals surface area contributed by atoms with Crippen LogP contribution in [0.3, 0.4) is 0 Å². The second kappa shape index (κ2) is 7.75. The summed E-state index contributed by atoms with van der Waals surface area (Å²) in [5, 5.41) is 2.48. The highest BCUT2D eigenvalue weighted by atomic mass is 32.2. The Balaban J connectivity index is 2.06. The molecular formula is C16H19N3O3S. The summed E-state index contributed by atoms with van der Waals surface area (Å²) in [6, 6.07) is 14.0. The summed E-state index contributed by atoms with van der Waals surface area (Å²) < 4.78 is 26.8. The number of carbonyl (C=O) groups excluding carboxylic acids is 1. The molecule has 0 aromatic heterocycles. The molecule has 0 aliphatic heterocycles. The van der Waals surface area contributed by atoms with Crippen LogP contribution in [0.25, 0.3) is 11.1 Å². The number of sulfonamides is 1. The van der Waals surface area contributed by atoms with Crippen molar-refractivity contribution in [1.82, 2.24) is 10.0 Å². The molecule has 0 unspecified atom stereocenters. The van der Waals surface area contributed by atoms with E-state index in [1.54, 1.807) is 30.3 Å². The molecule has 1 amide bonds. The van der Waals surface area contributed by atoms with Crippen LogP contribution in [0.2, 0.25) is 0 Å². The lowest BCUT2D eigenvalue weighted by atomic mass is 10.0. The van der Waals surface area contributed by atoms with E-state index in [9.17, 15) is 13.2 Å². The van der Waals surface area contributed by atoms with Gasteiger partial charge in [0.2, 0.25) is 16.4 Å². The predicted octanol–water partition coefficient (Wildman–Crippen LogP) is 1.35. The van der Waals surface area contributed by atoms with Gasteiger partial charge < -0.3 is 11.1 Å². The maximum Gasteiger partial charge on any atom is 0.240 e. The van der Waals surface area contributed by atoms with Crippen molar-refractivity contribution in [2.45, 2.75) is 11.3 Å². The Bertz CT molecular complexity index is 758. The number of nitrogen functional groups attached to an aromatic ring is 1. The molecule has 2 aromatic carbocycles. The van der Waals surface area contributed by atoms with E-state index in [1.165, 1.54) is 0 Å². The van der Waals surface area contributed by atoms with Crippen molar-refractivity contribution in [2.75, 3.05) is 18.8 Å². The van der Waals surface area contributed by atoms with Crippen molar-refractivity contribution < 1.29 is 13.2 Å². The lowest BCUT2D eigenvalue weighted by Crippen LogP contribution is -2.27. The molecule has 0 aliphatic rings. The molecule has 0 aliphatic carbocycles. The average molecular weight is 333 g/mol. The van der Waals surface area contributed by atoms with E-state index in [2.05, 4.69) is 10.0 Å². The van der Waals surface area contributed by atoms with Crippen molar-refractivity contribution in [3.05, 3.63) is 48.5 Å². The minimum absolute atomic E-state index is 0.194. The summed E-state index contributed by atoms with van der Waals surface area (Å²) in [6.45, 7) is 0.689. The zero-order valence-electron chi connectivity index (χ0n) is 12.5. The molecule has 0 saturated carbocycles. The minimum atomic E-state index is -3.55. The van der Waals surface area contributed by atoms with Gasteiger partial charge in [-0.05, 0) is 30.2 Å². The number of hydrogen-bond acceptors (Lipinski definition) is 4. The van der Waals surface area contributed by atoms with Crippen molar-refractivity contribution >= 4 is 22.1 Å². The third-order valence-electron chi connectivity index (χ3n) is 3.31. The molecule has 0 radical (unpaired) electrons. The molecule has 122 valence electrons. The van der Waals surface area contributed by atoms with E-state index >= 15 is 0 Å². The van der Waals surface area contributed by atoms with Gasteiger partial charge in [0.05, 0.1) is 4.90 Å². The van der Waals surface area contributed by atoms with Gasteiger partial charge in [0, 0.05) is 24.3 Å². The van der Waals surface area contributed by atoms with Crippen LogP contribution in [0.4, 0.5) is 5.69 Å². The number of nitrogens with two attached hydrogens (primary N) is 1. The monoisotopic (exact) mass is 333 g/mol. The molecule has 2 rings (SSSR count). The van der Waals surface area contributed by atoms with Gasteiger partial charge in [-0.1, -0.05) is 30.3 Å². The zero-order valence-corrected chi connectivity index (χ0v) is 13.3. The van der Waals surface area contributed by atoms with Crippen LogP contribution in [0.1, 0.15) is 6.42 Å². The van der Waals surface area contributed by atoms with E-state index in [0.717, 1.165) is 11.1 Å². The van der Waals surface area contributed by atoms with Crippen LogP contribution in [-0.2, 0) is 14.8 Å². The molecule has 0 saturated heterocycles. The lowest BCUT2D eigenvalue weighted by molar-refractivity contribution is -0.109. The van der Waals surface area contributed by atoms with E-state index in [0.29, 0.717) is 25.1 Å². The molecule has 2 aromatic rings. The second-order valence-corrected chi connectivity index (χ2v) is 6.70. The van der Waals surface area contributed by atoms with Gasteiger partial charge in [0.25, 0.3) is 0 Å². The SMILES string of the molecule is Nc1ccccc1-c1ccc(S(=O)(=O)NCCCNC=O)cc1. The van der Waals surface area contributed by atoms with Gasteiger partial charge in [0.1, 0.15) is 0 Å². The third-order valence-corrected chi connectivity index (χ3v) is 4.79. The fraction of sp³-hybridized carbons (Fsp3) is 0.188. The minimum Gasteiger partial charge on any atom is -0.398 e. The number of benzene rings is 2. The Kier molecular flexibility index (Phi) is 5.72. The van der Waals surface area contributed by atoms with Gasteiger partial charge in [-0.25, -0.2) is 13.1 Å². The Labute approximate surface area is 135 Å². The van der Waals surface area contributed by atoms with Crippen LogP contribution in [0.15, 0.2) is 53.4 Å². The van der Waals surface area contributed by atoms with E-state index in [4.69, 9.17) is 5.73 Å². The maximum absolute atomic E-state index is 12.2. The quantitative estimate of drug-likeness (QED) is 0.385. The standard InChI is InChI=1S/C16H19N3O3S/c17-16-5-2-1-4-15(16)13-6-8-14(9-7-13)23(21,22)19-11-3-10-18-12-20/h1-2,4-9,12,19H,3,10-11,17H2,(H,18,20). The first kappa shape index (κ1) is 17.0. The summed E-state index contributed by atoms with van der Waals surface area (Å²) in [5.74, 6) is 0. The number of nitrogens with one attached hydrogen (secondary N) is 2. The normalized spacial score (nSPS) is 11.1. The van der Waals surface area contributed by atoms with E-state index in [-0.39, 0.29) is 11.4 Å². The Morgan fingerprint density at radius 1 is 1.00 bits per heavy atom. The van der Waals surface area contributed by atoms with Crippen molar-refractivity contribution in [3.8, 4) is 11.1 Å². The summed E-state index contributed by atoms with van der Waals surface area (Å²) in [5.41, 5.74) is 8.29. The fourth-order valence-electron chi connectivity index (χ4n) is 2.11. The maximum atomic E-state index is 12.2. The highest BCUT2D eigenvalue weighted by molar-refractivity contribution is 7.89. The van der Waals surface area contributed by atoms with Crippen LogP contribution in [-0.4, -0.2) is 27.9 Å². The highest BCUT2D eigenvalue weighted by Crippen LogP contribution is 2.26. The number of rotatable bonds is 8. The number of carbonyl (C=O) groups is 1. The molecule has 0 atom stereocenters. The van der Waals surface area contributed by atoms with Gasteiger partial charge in [-0.15, -0.1) is 0 Å². The molecule has 4 N–H and O–H groups in total. The highest BCUT2D eigenvalue weighted by Gasteiger charge is 2.13. The van der Waals surface area contributed by atoms with Crippen LogP contribution in [0, 0.1) is 0 Å². The second-order valence-electron chi connectivity index (χ2n) is 4.93. The zero-order chi connectivity index (χ0) is 16.7. The van der Waals surface area contributed by atoms with Gasteiger partial charge in [-0.2, -0.15) is 0 Å². The van der Waals surface area contributed by atoms with Gasteiger partial charge >= 0.3 is 0 Å². The first-order valence-electron chi connectivity index (χ1n) is 7.16. The smallest absolute Gasteiger partial charge is 0.240 e. The van der Waals surface area contributed by atoms with Crippen LogP contribution >= 0.6 is 0 Å². The molecule has 7 heteroatoms. The molecule has 23 heavy (non-hydrogen) atoms. The summed E-state index contributed by atoms with van der Waals surface area (Å²) in [4.78, 5) is 10.3. The van der Waals surface area contributed by atoms with Crippen LogP contribution in [0.5, 0.6) is 0 Å². The number of hydrogen-bond donors (Lipinski definition) is 3. The number of anilines is 1. The summed E-state index contributed by atoms with van der Waals surface area (Å²) in [6.07, 6.45) is 1.11. The Morgan fingerprint density at radius 3 is 2.35 bits per heavy atom. The van der Waals surface area contributed by atoms with Gasteiger partial charge in [0.15, 0.2) is 0 Å². The first-order valence-corrected chi connectivity index (χ1v) is 8.64. The topological polar surface area (TPSA) is 101 Å². The molecule has 0 bridgehead atoms. The molecule has 0 spiro atoms. The first-order chi connectivity index (χ1) is 11.0. The third kappa shape index (κ3) is 4.54. The largest absolute Gasteiger partial charge is 0.398 e. The van der Waals surface area contributed by atoms with Crippen molar-refractivity contribution in [3.63, 3.8) is 0 Å². The lowest BCUT2D eigenvalue weighted by Gasteiger charge is -2.09. The summed E-state index contributed by atoms with van der Waals surface area (Å²) in [7, 11) is -3.55. The molecule has 0 heterocycles. The molecule has 0 fully saturated rings. The van der Waals surface area contributed by atoms with E-state index < -0.39 is 10.0 Å². The van der Waals surface area contributed by atoms with Crippen molar-refractivity contribution in [1.29, 1.82) is 0 Å². The number of amides is 1. The predicted molar refractivity (Wildman–Crippen MR) is 90.2 cm³/mol. The average Bonchev–Trinajstić information content (AvgIpc) is 2.55.